The second-order valence-electron chi connectivity index (χ2n) is 6.19. The van der Waals surface area contributed by atoms with Gasteiger partial charge in [0, 0.05) is 38.1 Å². The molecule has 2 aliphatic rings. The summed E-state index contributed by atoms with van der Waals surface area (Å²) in [5.74, 6) is 1.16. The van der Waals surface area contributed by atoms with Crippen molar-refractivity contribution in [1.82, 2.24) is 20.4 Å². The molecule has 1 aliphatic carbocycles. The fraction of sp³-hybridized carbons (Fsp3) is 0.786. The van der Waals surface area contributed by atoms with Gasteiger partial charge in [-0.15, -0.1) is 0 Å². The van der Waals surface area contributed by atoms with E-state index in [-0.39, 0.29) is 11.8 Å². The van der Waals surface area contributed by atoms with E-state index >= 15 is 0 Å². The molecule has 2 heterocycles. The van der Waals surface area contributed by atoms with E-state index in [0.29, 0.717) is 18.6 Å². The maximum absolute atomic E-state index is 11.8. The maximum Gasteiger partial charge on any atom is 0.324 e. The molecule has 7 heteroatoms. The van der Waals surface area contributed by atoms with E-state index in [4.69, 9.17) is 4.52 Å². The van der Waals surface area contributed by atoms with Gasteiger partial charge in [-0.25, -0.2) is 0 Å². The summed E-state index contributed by atoms with van der Waals surface area (Å²) in [6, 6.07) is 1.03. The molecular formula is C14H23N5O2. The molecule has 3 rings (SSSR count). The van der Waals surface area contributed by atoms with Crippen LogP contribution in [0.25, 0.3) is 0 Å². The van der Waals surface area contributed by atoms with Crippen LogP contribution in [0.3, 0.4) is 0 Å². The van der Waals surface area contributed by atoms with Gasteiger partial charge in [-0.1, -0.05) is 19.0 Å². The van der Waals surface area contributed by atoms with E-state index in [1.165, 1.54) is 0 Å². The number of nitrogens with zero attached hydrogens (tertiary/aromatic N) is 4. The van der Waals surface area contributed by atoms with Crippen molar-refractivity contribution in [3.63, 3.8) is 0 Å². The average molecular weight is 293 g/mol. The predicted octanol–water partition coefficient (Wildman–Crippen LogP) is 0.594. The summed E-state index contributed by atoms with van der Waals surface area (Å²) in [7, 11) is 0. The zero-order valence-electron chi connectivity index (χ0n) is 12.7. The van der Waals surface area contributed by atoms with Crippen LogP contribution >= 0.6 is 0 Å². The number of aromatic nitrogens is 2. The van der Waals surface area contributed by atoms with Gasteiger partial charge in [0.1, 0.15) is 0 Å². The van der Waals surface area contributed by atoms with E-state index < -0.39 is 0 Å². The molecule has 0 radical (unpaired) electrons. The molecule has 1 amide bonds. The van der Waals surface area contributed by atoms with Crippen molar-refractivity contribution in [2.45, 2.75) is 38.6 Å². The van der Waals surface area contributed by atoms with Gasteiger partial charge in [0.25, 0.3) is 0 Å². The first kappa shape index (κ1) is 14.3. The summed E-state index contributed by atoms with van der Waals surface area (Å²) in [6.07, 6.45) is 2.27. The normalized spacial score (nSPS) is 20.0. The number of carbonyl (C=O) groups is 1. The van der Waals surface area contributed by atoms with E-state index in [1.807, 2.05) is 13.8 Å². The van der Waals surface area contributed by atoms with Crippen molar-refractivity contribution in [1.29, 1.82) is 0 Å². The Kier molecular flexibility index (Phi) is 4.10. The second-order valence-corrected chi connectivity index (χ2v) is 6.19. The average Bonchev–Trinajstić information content (AvgIpc) is 3.12. The highest BCUT2D eigenvalue weighted by molar-refractivity contribution is 5.78. The minimum absolute atomic E-state index is 0.144. The molecule has 1 N–H and O–H groups in total. The lowest BCUT2D eigenvalue weighted by Gasteiger charge is -2.32. The number of amides is 1. The molecule has 7 nitrogen and oxygen atoms in total. The monoisotopic (exact) mass is 293 g/mol. The third kappa shape index (κ3) is 3.72. The third-order valence-electron chi connectivity index (χ3n) is 3.90. The summed E-state index contributed by atoms with van der Waals surface area (Å²) in [6.45, 7) is 7.91. The summed E-state index contributed by atoms with van der Waals surface area (Å²) >= 11 is 0. The van der Waals surface area contributed by atoms with E-state index in [2.05, 4.69) is 25.3 Å². The SMILES string of the molecule is CC(C)c1noc(N2CCN(CC(=O)NC3CC3)CC2)n1. The first-order valence-corrected chi connectivity index (χ1v) is 7.72. The van der Waals surface area contributed by atoms with Gasteiger partial charge in [0.2, 0.25) is 5.91 Å². The molecular weight excluding hydrogens is 270 g/mol. The molecule has 0 bridgehead atoms. The van der Waals surface area contributed by atoms with Gasteiger partial charge < -0.3 is 14.7 Å². The summed E-state index contributed by atoms with van der Waals surface area (Å²) in [4.78, 5) is 20.5. The van der Waals surface area contributed by atoms with Crippen LogP contribution in [0.5, 0.6) is 0 Å². The Labute approximate surface area is 124 Å². The molecule has 1 saturated heterocycles. The van der Waals surface area contributed by atoms with Gasteiger partial charge in [0.05, 0.1) is 6.54 Å². The van der Waals surface area contributed by atoms with E-state index in [9.17, 15) is 4.79 Å². The zero-order valence-corrected chi connectivity index (χ0v) is 12.7. The van der Waals surface area contributed by atoms with Crippen LogP contribution < -0.4 is 10.2 Å². The van der Waals surface area contributed by atoms with Crippen molar-refractivity contribution in [3.8, 4) is 0 Å². The Morgan fingerprint density at radius 1 is 1.33 bits per heavy atom. The van der Waals surface area contributed by atoms with Gasteiger partial charge in [-0.05, 0) is 12.8 Å². The molecule has 0 atom stereocenters. The highest BCUT2D eigenvalue weighted by atomic mass is 16.5. The Bertz CT molecular complexity index is 489. The molecule has 0 unspecified atom stereocenters. The van der Waals surface area contributed by atoms with Crippen LogP contribution in [0.15, 0.2) is 4.52 Å². The first-order chi connectivity index (χ1) is 10.1. The van der Waals surface area contributed by atoms with Crippen LogP contribution in [0, 0.1) is 0 Å². The minimum Gasteiger partial charge on any atom is -0.352 e. The van der Waals surface area contributed by atoms with Crippen LogP contribution in [0.4, 0.5) is 6.01 Å². The van der Waals surface area contributed by atoms with Crippen LogP contribution in [-0.4, -0.2) is 59.7 Å². The highest BCUT2D eigenvalue weighted by Crippen LogP contribution is 2.19. The summed E-state index contributed by atoms with van der Waals surface area (Å²) < 4.78 is 5.31. The quantitative estimate of drug-likeness (QED) is 0.856. The van der Waals surface area contributed by atoms with Crippen molar-refractivity contribution >= 4 is 11.9 Å². The third-order valence-corrected chi connectivity index (χ3v) is 3.90. The zero-order chi connectivity index (χ0) is 14.8. The van der Waals surface area contributed by atoms with Crippen LogP contribution in [0.1, 0.15) is 38.4 Å². The number of hydrogen-bond acceptors (Lipinski definition) is 6. The second kappa shape index (κ2) is 6.01. The number of hydrogen-bond donors (Lipinski definition) is 1. The highest BCUT2D eigenvalue weighted by Gasteiger charge is 2.26. The van der Waals surface area contributed by atoms with Gasteiger partial charge in [-0.2, -0.15) is 4.98 Å². The van der Waals surface area contributed by atoms with Crippen LogP contribution in [-0.2, 0) is 4.79 Å². The number of piperazine rings is 1. The Hall–Kier alpha value is -1.63. The van der Waals surface area contributed by atoms with Crippen molar-refractivity contribution in [2.75, 3.05) is 37.6 Å². The number of carbonyl (C=O) groups excluding carboxylic acids is 1. The Morgan fingerprint density at radius 3 is 2.62 bits per heavy atom. The summed E-state index contributed by atoms with van der Waals surface area (Å²) in [5.41, 5.74) is 0. The number of anilines is 1. The van der Waals surface area contributed by atoms with Gasteiger partial charge in [0.15, 0.2) is 5.82 Å². The number of nitrogens with one attached hydrogen (secondary N) is 1. The molecule has 1 aromatic rings. The van der Waals surface area contributed by atoms with E-state index in [1.54, 1.807) is 0 Å². The molecule has 1 saturated carbocycles. The Morgan fingerprint density at radius 2 is 2.05 bits per heavy atom. The lowest BCUT2D eigenvalue weighted by molar-refractivity contribution is -0.122. The summed E-state index contributed by atoms with van der Waals surface area (Å²) in [5, 5.41) is 7.02. The molecule has 0 aromatic carbocycles. The fourth-order valence-electron chi connectivity index (χ4n) is 2.39. The van der Waals surface area contributed by atoms with Gasteiger partial charge in [-0.3, -0.25) is 9.69 Å². The largest absolute Gasteiger partial charge is 0.352 e. The lowest BCUT2D eigenvalue weighted by atomic mass is 10.2. The fourth-order valence-corrected chi connectivity index (χ4v) is 2.39. The van der Waals surface area contributed by atoms with Crippen LogP contribution in [0.2, 0.25) is 0 Å². The van der Waals surface area contributed by atoms with Gasteiger partial charge >= 0.3 is 6.01 Å². The van der Waals surface area contributed by atoms with Crippen molar-refractivity contribution in [3.05, 3.63) is 5.82 Å². The minimum atomic E-state index is 0.144. The lowest BCUT2D eigenvalue weighted by Crippen LogP contribution is -2.49. The molecule has 116 valence electrons. The van der Waals surface area contributed by atoms with E-state index in [0.717, 1.165) is 44.8 Å². The predicted molar refractivity (Wildman–Crippen MR) is 78.2 cm³/mol. The molecule has 21 heavy (non-hydrogen) atoms. The molecule has 1 aromatic heterocycles. The molecule has 0 spiro atoms. The Balaban J connectivity index is 1.46. The molecule has 2 fully saturated rings. The maximum atomic E-state index is 11.8. The molecule has 1 aliphatic heterocycles. The number of rotatable bonds is 5. The first-order valence-electron chi connectivity index (χ1n) is 7.72. The van der Waals surface area contributed by atoms with Crippen molar-refractivity contribution in [2.24, 2.45) is 0 Å². The smallest absolute Gasteiger partial charge is 0.324 e. The standard InChI is InChI=1S/C14H23N5O2/c1-10(2)13-16-14(21-17-13)19-7-5-18(6-8-19)9-12(20)15-11-3-4-11/h10-11H,3-9H2,1-2H3,(H,15,20). The topological polar surface area (TPSA) is 74.5 Å². The van der Waals surface area contributed by atoms with Crippen molar-refractivity contribution < 1.29 is 9.32 Å².